The molecule has 2 rings (SSSR count). The van der Waals surface area contributed by atoms with Gasteiger partial charge >= 0.3 is 6.18 Å². The topological polar surface area (TPSA) is 49.4 Å². The van der Waals surface area contributed by atoms with Crippen molar-refractivity contribution < 1.29 is 22.8 Å². The fourth-order valence-corrected chi connectivity index (χ4v) is 2.51. The molecule has 4 nitrogen and oxygen atoms in total. The van der Waals surface area contributed by atoms with Crippen LogP contribution >= 0.6 is 0 Å². The molecule has 0 fully saturated rings. The Labute approximate surface area is 161 Å². The first kappa shape index (κ1) is 21.2. The second-order valence-electron chi connectivity index (χ2n) is 6.21. The van der Waals surface area contributed by atoms with E-state index in [1.165, 1.54) is 36.2 Å². The zero-order valence-corrected chi connectivity index (χ0v) is 15.6. The minimum atomic E-state index is -4.40. The summed E-state index contributed by atoms with van der Waals surface area (Å²) in [5.74, 6) is -0.765. The maximum absolute atomic E-state index is 12.5. The van der Waals surface area contributed by atoms with Crippen molar-refractivity contribution in [3.05, 3.63) is 71.3 Å². The number of nitrogens with one attached hydrogen (secondary N) is 1. The van der Waals surface area contributed by atoms with Gasteiger partial charge in [-0.05, 0) is 41.8 Å². The van der Waals surface area contributed by atoms with Gasteiger partial charge in [0, 0.05) is 18.8 Å². The number of anilines is 1. The van der Waals surface area contributed by atoms with E-state index in [1.54, 1.807) is 6.07 Å². The Hall–Kier alpha value is -3.09. The minimum absolute atomic E-state index is 0.145. The molecule has 0 aliphatic rings. The van der Waals surface area contributed by atoms with Gasteiger partial charge in [-0.2, -0.15) is 13.2 Å². The van der Waals surface area contributed by atoms with Gasteiger partial charge in [0.15, 0.2) is 0 Å². The summed E-state index contributed by atoms with van der Waals surface area (Å²) in [5, 5.41) is 2.78. The highest BCUT2D eigenvalue weighted by molar-refractivity contribution is 5.98. The fourth-order valence-electron chi connectivity index (χ4n) is 2.51. The molecular formula is C21H21F3N2O2. The van der Waals surface area contributed by atoms with E-state index in [-0.39, 0.29) is 12.5 Å². The molecule has 1 N–H and O–H groups in total. The average molecular weight is 390 g/mol. The smallest absolute Gasteiger partial charge is 0.333 e. The SMILES string of the molecule is CCc1ccccc1NC(=O)CN(C)C(=O)/C=C/c1ccc(C(F)(F)F)cc1. The van der Waals surface area contributed by atoms with Gasteiger partial charge in [0.1, 0.15) is 0 Å². The summed E-state index contributed by atoms with van der Waals surface area (Å²) >= 11 is 0. The molecule has 0 aliphatic carbocycles. The number of halogens is 3. The molecule has 0 saturated carbocycles. The lowest BCUT2D eigenvalue weighted by molar-refractivity contribution is -0.137. The maximum atomic E-state index is 12.5. The number of alkyl halides is 3. The van der Waals surface area contributed by atoms with Crippen molar-refractivity contribution in [3.63, 3.8) is 0 Å². The maximum Gasteiger partial charge on any atom is 0.416 e. The fraction of sp³-hybridized carbons (Fsp3) is 0.238. The summed E-state index contributed by atoms with van der Waals surface area (Å²) in [6.07, 6.45) is -1.01. The van der Waals surface area contributed by atoms with Gasteiger partial charge in [-0.1, -0.05) is 37.3 Å². The molecule has 2 aromatic rings. The number of likely N-dealkylation sites (N-methyl/N-ethyl adjacent to an activating group) is 1. The third-order valence-electron chi connectivity index (χ3n) is 4.09. The monoisotopic (exact) mass is 390 g/mol. The van der Waals surface area contributed by atoms with E-state index in [1.807, 2.05) is 25.1 Å². The predicted octanol–water partition coefficient (Wildman–Crippen LogP) is 4.38. The van der Waals surface area contributed by atoms with Crippen LogP contribution in [-0.2, 0) is 22.2 Å². The third-order valence-corrected chi connectivity index (χ3v) is 4.09. The van der Waals surface area contributed by atoms with E-state index in [9.17, 15) is 22.8 Å². The van der Waals surface area contributed by atoms with E-state index >= 15 is 0 Å². The number of para-hydroxylation sites is 1. The lowest BCUT2D eigenvalue weighted by Gasteiger charge is -2.16. The van der Waals surface area contributed by atoms with Crippen LogP contribution in [0.5, 0.6) is 0 Å². The van der Waals surface area contributed by atoms with Gasteiger partial charge < -0.3 is 10.2 Å². The molecule has 0 radical (unpaired) electrons. The lowest BCUT2D eigenvalue weighted by atomic mass is 10.1. The molecule has 7 heteroatoms. The minimum Gasteiger partial charge on any atom is -0.333 e. The second kappa shape index (κ2) is 9.21. The summed E-state index contributed by atoms with van der Waals surface area (Å²) in [7, 11) is 1.48. The molecule has 0 aliphatic heterocycles. The lowest BCUT2D eigenvalue weighted by Crippen LogP contribution is -2.34. The summed E-state index contributed by atoms with van der Waals surface area (Å²) in [6, 6.07) is 11.9. The van der Waals surface area contributed by atoms with Gasteiger partial charge in [-0.15, -0.1) is 0 Å². The van der Waals surface area contributed by atoms with E-state index < -0.39 is 17.6 Å². The Morgan fingerprint density at radius 1 is 1.07 bits per heavy atom. The van der Waals surface area contributed by atoms with Gasteiger partial charge in [0.2, 0.25) is 11.8 Å². The Morgan fingerprint density at radius 3 is 2.32 bits per heavy atom. The molecule has 0 saturated heterocycles. The molecule has 0 atom stereocenters. The van der Waals surface area contributed by atoms with Crippen LogP contribution in [0.2, 0.25) is 0 Å². The predicted molar refractivity (Wildman–Crippen MR) is 103 cm³/mol. The van der Waals surface area contributed by atoms with Crippen LogP contribution < -0.4 is 5.32 Å². The number of hydrogen-bond donors (Lipinski definition) is 1. The summed E-state index contributed by atoms with van der Waals surface area (Å²) in [4.78, 5) is 25.5. The number of hydrogen-bond acceptors (Lipinski definition) is 2. The van der Waals surface area contributed by atoms with Crippen molar-refractivity contribution in [2.45, 2.75) is 19.5 Å². The van der Waals surface area contributed by atoms with E-state index in [2.05, 4.69) is 5.32 Å². The normalized spacial score (nSPS) is 11.5. The highest BCUT2D eigenvalue weighted by atomic mass is 19.4. The Bertz CT molecular complexity index is 859. The Kier molecular flexibility index (Phi) is 6.98. The third kappa shape index (κ3) is 5.97. The number of amides is 2. The van der Waals surface area contributed by atoms with Gasteiger partial charge in [-0.25, -0.2) is 0 Å². The van der Waals surface area contributed by atoms with E-state index in [4.69, 9.17) is 0 Å². The number of carbonyl (C=O) groups excluding carboxylic acids is 2. The Morgan fingerprint density at radius 2 is 1.71 bits per heavy atom. The highest BCUT2D eigenvalue weighted by Crippen LogP contribution is 2.29. The van der Waals surface area contributed by atoms with Crippen LogP contribution in [0.1, 0.15) is 23.6 Å². The van der Waals surface area contributed by atoms with Crippen molar-refractivity contribution in [1.29, 1.82) is 0 Å². The van der Waals surface area contributed by atoms with Gasteiger partial charge in [0.05, 0.1) is 12.1 Å². The molecule has 28 heavy (non-hydrogen) atoms. The summed E-state index contributed by atoms with van der Waals surface area (Å²) < 4.78 is 37.6. The zero-order valence-electron chi connectivity index (χ0n) is 15.6. The van der Waals surface area contributed by atoms with Crippen LogP contribution in [0.3, 0.4) is 0 Å². The zero-order chi connectivity index (χ0) is 20.7. The standard InChI is InChI=1S/C21H21F3N2O2/c1-3-16-6-4-5-7-18(16)25-19(27)14-26(2)20(28)13-10-15-8-11-17(12-9-15)21(22,23)24/h4-13H,3,14H2,1-2H3,(H,25,27)/b13-10+. The molecule has 0 heterocycles. The Balaban J connectivity index is 1.93. The second-order valence-corrected chi connectivity index (χ2v) is 6.21. The first-order chi connectivity index (χ1) is 13.2. The number of benzene rings is 2. The van der Waals surface area contributed by atoms with E-state index in [0.717, 1.165) is 24.1 Å². The summed E-state index contributed by atoms with van der Waals surface area (Å²) in [5.41, 5.74) is 1.40. The molecule has 0 unspecified atom stereocenters. The van der Waals surface area contributed by atoms with Crippen LogP contribution in [0.15, 0.2) is 54.6 Å². The molecule has 0 aromatic heterocycles. The van der Waals surface area contributed by atoms with Gasteiger partial charge in [-0.3, -0.25) is 9.59 Å². The highest BCUT2D eigenvalue weighted by Gasteiger charge is 2.29. The number of aryl methyl sites for hydroxylation is 1. The molecule has 2 aromatic carbocycles. The molecule has 148 valence electrons. The number of nitrogens with zero attached hydrogens (tertiary/aromatic N) is 1. The van der Waals surface area contributed by atoms with Gasteiger partial charge in [0.25, 0.3) is 0 Å². The van der Waals surface area contributed by atoms with Crippen molar-refractivity contribution in [1.82, 2.24) is 4.90 Å². The quantitative estimate of drug-likeness (QED) is 0.745. The molecule has 0 bridgehead atoms. The molecule has 0 spiro atoms. The van der Waals surface area contributed by atoms with Crippen LogP contribution in [-0.4, -0.2) is 30.3 Å². The first-order valence-corrected chi connectivity index (χ1v) is 8.69. The van der Waals surface area contributed by atoms with Crippen molar-refractivity contribution >= 4 is 23.6 Å². The summed E-state index contributed by atoms with van der Waals surface area (Å²) in [6.45, 7) is 1.83. The van der Waals surface area contributed by atoms with Crippen LogP contribution in [0.25, 0.3) is 6.08 Å². The number of carbonyl (C=O) groups is 2. The van der Waals surface area contributed by atoms with E-state index in [0.29, 0.717) is 11.3 Å². The largest absolute Gasteiger partial charge is 0.416 e. The molecular weight excluding hydrogens is 369 g/mol. The van der Waals surface area contributed by atoms with Crippen LogP contribution in [0.4, 0.5) is 18.9 Å². The van der Waals surface area contributed by atoms with Crippen molar-refractivity contribution in [2.75, 3.05) is 18.9 Å². The molecule has 2 amide bonds. The number of rotatable bonds is 6. The van der Waals surface area contributed by atoms with Crippen LogP contribution in [0, 0.1) is 0 Å². The van der Waals surface area contributed by atoms with Crippen molar-refractivity contribution in [3.8, 4) is 0 Å². The average Bonchev–Trinajstić information content (AvgIpc) is 2.66. The van der Waals surface area contributed by atoms with Crippen molar-refractivity contribution in [2.24, 2.45) is 0 Å². The first-order valence-electron chi connectivity index (χ1n) is 8.69.